The van der Waals surface area contributed by atoms with Crippen molar-refractivity contribution in [1.82, 2.24) is 15.5 Å². The van der Waals surface area contributed by atoms with E-state index in [1.807, 2.05) is 24.3 Å². The minimum Gasteiger partial charge on any atom is -0.497 e. The largest absolute Gasteiger partial charge is 0.497 e. The molecule has 3 rings (SSSR count). The van der Waals surface area contributed by atoms with Crippen LogP contribution in [-0.2, 0) is 12.8 Å². The number of hydrogen-bond acceptors (Lipinski definition) is 6. The van der Waals surface area contributed by atoms with Crippen molar-refractivity contribution < 1.29 is 23.6 Å². The zero-order chi connectivity index (χ0) is 20.6. The molecule has 1 heterocycles. The van der Waals surface area contributed by atoms with Crippen LogP contribution in [0.25, 0.3) is 0 Å². The molecule has 2 amide bonds. The van der Waals surface area contributed by atoms with Crippen molar-refractivity contribution in [2.75, 3.05) is 19.0 Å². The molecule has 0 fully saturated rings. The summed E-state index contributed by atoms with van der Waals surface area (Å²) in [5.74, 6) is 0.898. The molecule has 29 heavy (non-hydrogen) atoms. The van der Waals surface area contributed by atoms with Gasteiger partial charge in [0.15, 0.2) is 5.82 Å². The first kappa shape index (κ1) is 20.3. The summed E-state index contributed by atoms with van der Waals surface area (Å²) in [6.45, 7) is -0.122. The van der Waals surface area contributed by atoms with Gasteiger partial charge in [0.2, 0.25) is 5.89 Å². The van der Waals surface area contributed by atoms with E-state index in [1.54, 1.807) is 7.11 Å². The summed E-state index contributed by atoms with van der Waals surface area (Å²) in [6.07, 6.45) is 0.628. The summed E-state index contributed by atoms with van der Waals surface area (Å²) in [6, 6.07) is 11.7. The third-order valence-corrected chi connectivity index (χ3v) is 4.13. The highest BCUT2D eigenvalue weighted by Gasteiger charge is 2.21. The number of halogens is 1. The lowest BCUT2D eigenvalue weighted by molar-refractivity contribution is 0.247. The average Bonchev–Trinajstić information content (AvgIpc) is 3.19. The zero-order valence-corrected chi connectivity index (χ0v) is 15.8. The van der Waals surface area contributed by atoms with Crippen LogP contribution in [0.3, 0.4) is 0 Å². The molecule has 0 bridgehead atoms. The fraction of sp³-hybridized carbons (Fsp3) is 0.250. The zero-order valence-electron chi connectivity index (χ0n) is 15.8. The second kappa shape index (κ2) is 9.65. The van der Waals surface area contributed by atoms with Crippen molar-refractivity contribution in [3.05, 3.63) is 71.6 Å². The number of nitrogens with one attached hydrogen (secondary N) is 2. The summed E-state index contributed by atoms with van der Waals surface area (Å²) in [4.78, 5) is 16.7. The number of aliphatic hydroxyl groups is 1. The van der Waals surface area contributed by atoms with Crippen LogP contribution in [0.2, 0.25) is 0 Å². The maximum absolute atomic E-state index is 13.0. The van der Waals surface area contributed by atoms with Gasteiger partial charge < -0.3 is 25.0 Å². The van der Waals surface area contributed by atoms with E-state index in [9.17, 15) is 9.18 Å². The molecular formula is C20H21FN4O4. The molecule has 0 aliphatic carbocycles. The van der Waals surface area contributed by atoms with Crippen molar-refractivity contribution >= 4 is 11.7 Å². The molecule has 8 nitrogen and oxygen atoms in total. The van der Waals surface area contributed by atoms with Crippen molar-refractivity contribution in [2.24, 2.45) is 0 Å². The minimum absolute atomic E-state index is 0.122. The number of hydrogen-bond donors (Lipinski definition) is 3. The van der Waals surface area contributed by atoms with E-state index < -0.39 is 17.9 Å². The van der Waals surface area contributed by atoms with Gasteiger partial charge in [-0.2, -0.15) is 4.98 Å². The third-order valence-electron chi connectivity index (χ3n) is 4.13. The van der Waals surface area contributed by atoms with Crippen molar-refractivity contribution in [3.63, 3.8) is 0 Å². The van der Waals surface area contributed by atoms with Crippen LogP contribution in [-0.4, -0.2) is 35.0 Å². The van der Waals surface area contributed by atoms with Gasteiger partial charge in [-0.3, -0.25) is 0 Å². The monoisotopic (exact) mass is 400 g/mol. The molecule has 2 aromatic carbocycles. The van der Waals surface area contributed by atoms with Crippen LogP contribution in [0.4, 0.5) is 14.9 Å². The van der Waals surface area contributed by atoms with Crippen molar-refractivity contribution in [2.45, 2.75) is 18.9 Å². The maximum atomic E-state index is 13.0. The SMILES string of the molecule is COc1ccc(CC(NC(=O)Nc2ccc(F)cc2)c2noc(CCO)n2)cc1. The number of carbonyl (C=O) groups is 1. The number of benzene rings is 2. The van der Waals surface area contributed by atoms with Crippen molar-refractivity contribution in [1.29, 1.82) is 0 Å². The number of rotatable bonds is 8. The van der Waals surface area contributed by atoms with Gasteiger partial charge in [0.1, 0.15) is 11.6 Å². The highest BCUT2D eigenvalue weighted by Crippen LogP contribution is 2.19. The second-order valence-electron chi connectivity index (χ2n) is 6.23. The Bertz CT molecular complexity index is 928. The average molecular weight is 400 g/mol. The lowest BCUT2D eigenvalue weighted by Gasteiger charge is -2.16. The van der Waals surface area contributed by atoms with Crippen LogP contribution in [0.15, 0.2) is 53.1 Å². The molecule has 0 spiro atoms. The highest BCUT2D eigenvalue weighted by atomic mass is 19.1. The Morgan fingerprint density at radius 3 is 2.59 bits per heavy atom. The topological polar surface area (TPSA) is 110 Å². The Hall–Kier alpha value is -3.46. The molecule has 3 aromatic rings. The predicted molar refractivity (Wildman–Crippen MR) is 103 cm³/mol. The number of amides is 2. The van der Waals surface area contributed by atoms with Crippen LogP contribution < -0.4 is 15.4 Å². The molecule has 1 aromatic heterocycles. The Morgan fingerprint density at radius 1 is 1.21 bits per heavy atom. The van der Waals surface area contributed by atoms with Gasteiger partial charge in [0.05, 0.1) is 26.2 Å². The molecule has 0 saturated heterocycles. The van der Waals surface area contributed by atoms with Gasteiger partial charge in [-0.05, 0) is 42.0 Å². The van der Waals surface area contributed by atoms with Crippen LogP contribution in [0, 0.1) is 5.82 Å². The van der Waals surface area contributed by atoms with E-state index in [1.165, 1.54) is 24.3 Å². The number of urea groups is 1. The van der Waals surface area contributed by atoms with Gasteiger partial charge in [-0.1, -0.05) is 17.3 Å². The summed E-state index contributed by atoms with van der Waals surface area (Å²) in [5, 5.41) is 18.4. The Balaban J connectivity index is 1.75. The Kier molecular flexibility index (Phi) is 6.75. The van der Waals surface area contributed by atoms with E-state index in [2.05, 4.69) is 20.8 Å². The number of nitrogens with zero attached hydrogens (tertiary/aromatic N) is 2. The first-order valence-corrected chi connectivity index (χ1v) is 8.96. The summed E-state index contributed by atoms with van der Waals surface area (Å²) in [5.41, 5.74) is 1.37. The maximum Gasteiger partial charge on any atom is 0.319 e. The van der Waals surface area contributed by atoms with Gasteiger partial charge in [0.25, 0.3) is 0 Å². The molecule has 3 N–H and O–H groups in total. The molecule has 152 valence electrons. The normalized spacial score (nSPS) is 11.7. The summed E-state index contributed by atoms with van der Waals surface area (Å²) < 4.78 is 23.3. The Morgan fingerprint density at radius 2 is 1.93 bits per heavy atom. The van der Waals surface area contributed by atoms with E-state index in [0.717, 1.165) is 11.3 Å². The van der Waals surface area contributed by atoms with E-state index in [-0.39, 0.29) is 18.9 Å². The quantitative estimate of drug-likeness (QED) is 0.536. The summed E-state index contributed by atoms with van der Waals surface area (Å²) in [7, 11) is 1.58. The molecule has 0 aliphatic heterocycles. The lowest BCUT2D eigenvalue weighted by Crippen LogP contribution is -2.34. The van der Waals surface area contributed by atoms with Crippen LogP contribution >= 0.6 is 0 Å². The number of ether oxygens (including phenoxy) is 1. The lowest BCUT2D eigenvalue weighted by atomic mass is 10.1. The molecule has 9 heteroatoms. The predicted octanol–water partition coefficient (Wildman–Crippen LogP) is 2.86. The highest BCUT2D eigenvalue weighted by molar-refractivity contribution is 5.89. The molecule has 1 atom stereocenters. The van der Waals surface area contributed by atoms with Gasteiger partial charge in [-0.25, -0.2) is 9.18 Å². The number of aliphatic hydroxyl groups excluding tert-OH is 1. The number of carbonyl (C=O) groups excluding carboxylic acids is 1. The number of anilines is 1. The third kappa shape index (κ3) is 5.76. The number of aromatic nitrogens is 2. The standard InChI is InChI=1S/C20H21FN4O4/c1-28-16-8-2-13(3-9-16)12-17(19-24-18(10-11-26)29-25-19)23-20(27)22-15-6-4-14(21)5-7-15/h2-9,17,26H,10-12H2,1H3,(H2,22,23,27). The molecule has 0 saturated carbocycles. The smallest absolute Gasteiger partial charge is 0.319 e. The minimum atomic E-state index is -0.583. The Labute approximate surface area is 166 Å². The molecule has 0 radical (unpaired) electrons. The second-order valence-corrected chi connectivity index (χ2v) is 6.23. The van der Waals surface area contributed by atoms with Gasteiger partial charge in [-0.15, -0.1) is 0 Å². The molecule has 1 unspecified atom stereocenters. The van der Waals surface area contributed by atoms with Crippen LogP contribution in [0.5, 0.6) is 5.75 Å². The van der Waals surface area contributed by atoms with E-state index >= 15 is 0 Å². The fourth-order valence-electron chi connectivity index (χ4n) is 2.67. The van der Waals surface area contributed by atoms with E-state index in [4.69, 9.17) is 14.4 Å². The van der Waals surface area contributed by atoms with Crippen molar-refractivity contribution in [3.8, 4) is 5.75 Å². The van der Waals surface area contributed by atoms with Gasteiger partial charge in [0, 0.05) is 12.1 Å². The molecular weight excluding hydrogens is 379 g/mol. The van der Waals surface area contributed by atoms with Crippen LogP contribution in [0.1, 0.15) is 23.3 Å². The van der Waals surface area contributed by atoms with E-state index in [0.29, 0.717) is 17.9 Å². The summed E-state index contributed by atoms with van der Waals surface area (Å²) >= 11 is 0. The first-order chi connectivity index (χ1) is 14.1. The first-order valence-electron chi connectivity index (χ1n) is 8.96. The fourth-order valence-corrected chi connectivity index (χ4v) is 2.67. The molecule has 0 aliphatic rings. The number of methoxy groups -OCH3 is 1. The van der Waals surface area contributed by atoms with Gasteiger partial charge >= 0.3 is 6.03 Å².